The molecular weight excluding hydrogens is 246 g/mol. The summed E-state index contributed by atoms with van der Waals surface area (Å²) in [5.74, 6) is -1.16. The van der Waals surface area contributed by atoms with Gasteiger partial charge >= 0.3 is 5.97 Å². The molecule has 19 heavy (non-hydrogen) atoms. The number of nitrogens with one attached hydrogen (secondary N) is 1. The molecule has 2 heterocycles. The minimum absolute atomic E-state index is 0.0504. The summed E-state index contributed by atoms with van der Waals surface area (Å²) in [6, 6.07) is 3.28. The SMILES string of the molecule is CN1CCCC(NC(=O)Cn2cccc2C(=O)O)C1. The molecule has 1 amide bonds. The fraction of sp³-hybridized carbons (Fsp3) is 0.538. The summed E-state index contributed by atoms with van der Waals surface area (Å²) < 4.78 is 1.45. The van der Waals surface area contributed by atoms with Crippen LogP contribution in [0.1, 0.15) is 23.3 Å². The Labute approximate surface area is 112 Å². The summed E-state index contributed by atoms with van der Waals surface area (Å²) >= 11 is 0. The quantitative estimate of drug-likeness (QED) is 0.826. The number of nitrogens with zero attached hydrogens (tertiary/aromatic N) is 2. The van der Waals surface area contributed by atoms with E-state index in [4.69, 9.17) is 5.11 Å². The molecule has 0 spiro atoms. The minimum atomic E-state index is -1.02. The molecule has 0 radical (unpaired) electrons. The summed E-state index contributed by atoms with van der Waals surface area (Å²) in [7, 11) is 2.03. The molecule has 1 aliphatic rings. The lowest BCUT2D eigenvalue weighted by atomic mass is 10.1. The molecule has 1 atom stereocenters. The molecule has 6 nitrogen and oxygen atoms in total. The highest BCUT2D eigenvalue weighted by molar-refractivity contribution is 5.86. The molecule has 104 valence electrons. The van der Waals surface area contributed by atoms with E-state index in [0.29, 0.717) is 0 Å². The lowest BCUT2D eigenvalue weighted by molar-refractivity contribution is -0.122. The minimum Gasteiger partial charge on any atom is -0.477 e. The highest BCUT2D eigenvalue weighted by atomic mass is 16.4. The zero-order valence-electron chi connectivity index (χ0n) is 11.0. The smallest absolute Gasteiger partial charge is 0.352 e. The van der Waals surface area contributed by atoms with Crippen LogP contribution in [-0.2, 0) is 11.3 Å². The van der Waals surface area contributed by atoms with Gasteiger partial charge in [0, 0.05) is 18.8 Å². The van der Waals surface area contributed by atoms with Gasteiger partial charge in [-0.15, -0.1) is 0 Å². The van der Waals surface area contributed by atoms with Crippen molar-refractivity contribution in [3.05, 3.63) is 24.0 Å². The van der Waals surface area contributed by atoms with E-state index in [-0.39, 0.29) is 24.2 Å². The van der Waals surface area contributed by atoms with Crippen LogP contribution < -0.4 is 5.32 Å². The van der Waals surface area contributed by atoms with Crippen molar-refractivity contribution in [3.63, 3.8) is 0 Å². The van der Waals surface area contributed by atoms with Crippen LogP contribution in [0.5, 0.6) is 0 Å². The zero-order valence-corrected chi connectivity index (χ0v) is 11.0. The zero-order chi connectivity index (χ0) is 13.8. The van der Waals surface area contributed by atoms with E-state index in [2.05, 4.69) is 10.2 Å². The maximum Gasteiger partial charge on any atom is 0.352 e. The number of hydrogen-bond acceptors (Lipinski definition) is 3. The van der Waals surface area contributed by atoms with Gasteiger partial charge in [-0.2, -0.15) is 0 Å². The van der Waals surface area contributed by atoms with Crippen LogP contribution in [0, 0.1) is 0 Å². The number of carbonyl (C=O) groups excluding carboxylic acids is 1. The van der Waals surface area contributed by atoms with Crippen LogP contribution in [0.4, 0.5) is 0 Å². The Bertz CT molecular complexity index is 469. The van der Waals surface area contributed by atoms with Gasteiger partial charge in [-0.1, -0.05) is 0 Å². The van der Waals surface area contributed by atoms with E-state index in [1.54, 1.807) is 12.3 Å². The third-order valence-corrected chi connectivity index (χ3v) is 3.35. The van der Waals surface area contributed by atoms with Crippen LogP contribution >= 0.6 is 0 Å². The maximum atomic E-state index is 11.9. The predicted octanol–water partition coefficient (Wildman–Crippen LogP) is 0.397. The first kappa shape index (κ1) is 13.6. The van der Waals surface area contributed by atoms with Gasteiger partial charge in [-0.3, -0.25) is 4.79 Å². The number of piperidine rings is 1. The van der Waals surface area contributed by atoms with Gasteiger partial charge in [0.2, 0.25) is 5.91 Å². The maximum absolute atomic E-state index is 11.9. The van der Waals surface area contributed by atoms with E-state index in [0.717, 1.165) is 25.9 Å². The van der Waals surface area contributed by atoms with Gasteiger partial charge in [-0.25, -0.2) is 4.79 Å². The average molecular weight is 265 g/mol. The first-order valence-electron chi connectivity index (χ1n) is 6.42. The first-order valence-corrected chi connectivity index (χ1v) is 6.42. The monoisotopic (exact) mass is 265 g/mol. The third-order valence-electron chi connectivity index (χ3n) is 3.35. The van der Waals surface area contributed by atoms with Crippen LogP contribution in [0.2, 0.25) is 0 Å². The van der Waals surface area contributed by atoms with Gasteiger partial charge in [0.15, 0.2) is 0 Å². The Morgan fingerprint density at radius 3 is 3.00 bits per heavy atom. The lowest BCUT2D eigenvalue weighted by Gasteiger charge is -2.30. The van der Waals surface area contributed by atoms with Crippen LogP contribution in [0.15, 0.2) is 18.3 Å². The highest BCUT2D eigenvalue weighted by Gasteiger charge is 2.19. The van der Waals surface area contributed by atoms with E-state index < -0.39 is 5.97 Å². The summed E-state index contributed by atoms with van der Waals surface area (Å²) in [6.45, 7) is 1.96. The number of carboxylic acids is 1. The number of aromatic nitrogens is 1. The molecule has 1 aromatic rings. The van der Waals surface area contributed by atoms with Crippen LogP contribution in [0.3, 0.4) is 0 Å². The Morgan fingerprint density at radius 1 is 1.53 bits per heavy atom. The number of carbonyl (C=O) groups is 2. The van der Waals surface area contributed by atoms with Crippen molar-refractivity contribution >= 4 is 11.9 Å². The number of likely N-dealkylation sites (N-methyl/N-ethyl adjacent to an activating group) is 1. The number of rotatable bonds is 4. The normalized spacial score (nSPS) is 20.2. The number of carboxylic acid groups (broad SMARTS) is 1. The van der Waals surface area contributed by atoms with Gasteiger partial charge in [0.25, 0.3) is 0 Å². The fourth-order valence-electron chi connectivity index (χ4n) is 2.46. The first-order chi connectivity index (χ1) is 9.06. The van der Waals surface area contributed by atoms with Crippen molar-refractivity contribution in [2.45, 2.75) is 25.4 Å². The molecule has 0 aromatic carbocycles. The molecule has 6 heteroatoms. The molecular formula is C13H19N3O3. The number of likely N-dealkylation sites (tertiary alicyclic amines) is 1. The molecule has 0 saturated carbocycles. The molecule has 0 aliphatic carbocycles. The molecule has 2 rings (SSSR count). The second-order valence-corrected chi connectivity index (χ2v) is 5.00. The lowest BCUT2D eigenvalue weighted by Crippen LogP contribution is -2.47. The Balaban J connectivity index is 1.90. The largest absolute Gasteiger partial charge is 0.477 e. The van der Waals surface area contributed by atoms with Crippen LogP contribution in [-0.4, -0.2) is 52.6 Å². The van der Waals surface area contributed by atoms with Crippen LogP contribution in [0.25, 0.3) is 0 Å². The van der Waals surface area contributed by atoms with Crippen molar-refractivity contribution in [1.82, 2.24) is 14.8 Å². The second-order valence-electron chi connectivity index (χ2n) is 5.00. The Hall–Kier alpha value is -1.82. The Kier molecular flexibility index (Phi) is 4.21. The number of amides is 1. The molecule has 1 unspecified atom stereocenters. The van der Waals surface area contributed by atoms with Gasteiger partial charge in [0.05, 0.1) is 0 Å². The van der Waals surface area contributed by atoms with E-state index in [9.17, 15) is 9.59 Å². The van der Waals surface area contributed by atoms with Crippen molar-refractivity contribution < 1.29 is 14.7 Å². The predicted molar refractivity (Wildman–Crippen MR) is 70.1 cm³/mol. The fourth-order valence-corrected chi connectivity index (χ4v) is 2.46. The van der Waals surface area contributed by atoms with Gasteiger partial charge < -0.3 is 19.9 Å². The summed E-state index contributed by atoms with van der Waals surface area (Å²) in [4.78, 5) is 25.0. The molecule has 1 aromatic heterocycles. The number of aromatic carboxylic acids is 1. The van der Waals surface area contributed by atoms with Crippen molar-refractivity contribution in [2.75, 3.05) is 20.1 Å². The molecule has 0 bridgehead atoms. The molecule has 1 fully saturated rings. The topological polar surface area (TPSA) is 74.6 Å². The summed E-state index contributed by atoms with van der Waals surface area (Å²) in [5, 5.41) is 11.9. The van der Waals surface area contributed by atoms with Crippen molar-refractivity contribution in [2.24, 2.45) is 0 Å². The molecule has 2 N–H and O–H groups in total. The Morgan fingerprint density at radius 2 is 2.32 bits per heavy atom. The van der Waals surface area contributed by atoms with Gasteiger partial charge in [-0.05, 0) is 38.6 Å². The van der Waals surface area contributed by atoms with E-state index >= 15 is 0 Å². The molecule has 1 saturated heterocycles. The van der Waals surface area contributed by atoms with E-state index in [1.165, 1.54) is 10.6 Å². The van der Waals surface area contributed by atoms with E-state index in [1.807, 2.05) is 7.05 Å². The average Bonchev–Trinajstić information content (AvgIpc) is 2.76. The van der Waals surface area contributed by atoms with Crippen molar-refractivity contribution in [1.29, 1.82) is 0 Å². The molecule has 1 aliphatic heterocycles. The van der Waals surface area contributed by atoms with Crippen molar-refractivity contribution in [3.8, 4) is 0 Å². The van der Waals surface area contributed by atoms with Gasteiger partial charge in [0.1, 0.15) is 12.2 Å². The summed E-state index contributed by atoms with van der Waals surface area (Å²) in [6.07, 6.45) is 3.66. The second kappa shape index (κ2) is 5.88. The standard InChI is InChI=1S/C13H19N3O3/c1-15-6-2-4-10(8-15)14-12(17)9-16-7-3-5-11(16)13(18)19/h3,5,7,10H,2,4,6,8-9H2,1H3,(H,14,17)(H,18,19). The summed E-state index contributed by atoms with van der Waals surface area (Å²) in [5.41, 5.74) is 0.135. The third kappa shape index (κ3) is 3.57. The highest BCUT2D eigenvalue weighted by Crippen LogP contribution is 2.08. The number of hydrogen-bond donors (Lipinski definition) is 2.